The van der Waals surface area contributed by atoms with Crippen LogP contribution in [-0.4, -0.2) is 19.2 Å². The van der Waals surface area contributed by atoms with Crippen LogP contribution in [0.1, 0.15) is 4.88 Å². The number of thiophene rings is 1. The Hall–Kier alpha value is 0.1000. The Balaban J connectivity index is 1.79. The van der Waals surface area contributed by atoms with E-state index in [1.54, 1.807) is 11.3 Å². The topological polar surface area (TPSA) is 21.3 Å². The average molecular weight is 248 g/mol. The maximum atomic E-state index is 5.60. The van der Waals surface area contributed by atoms with E-state index in [9.17, 15) is 0 Å². The molecular formula is C8H10BrNOS. The van der Waals surface area contributed by atoms with E-state index in [0.717, 1.165) is 19.7 Å². The first kappa shape index (κ1) is 8.69. The first-order chi connectivity index (χ1) is 5.84. The quantitative estimate of drug-likeness (QED) is 0.883. The van der Waals surface area contributed by atoms with Crippen molar-refractivity contribution in [2.45, 2.75) is 12.7 Å². The molecule has 0 aromatic carbocycles. The molecule has 66 valence electrons. The van der Waals surface area contributed by atoms with Crippen molar-refractivity contribution >= 4 is 27.3 Å². The normalized spacial score (nSPS) is 17.8. The van der Waals surface area contributed by atoms with Gasteiger partial charge in [0.2, 0.25) is 0 Å². The monoisotopic (exact) mass is 247 g/mol. The highest BCUT2D eigenvalue weighted by Gasteiger charge is 2.16. The molecule has 1 aliphatic heterocycles. The molecule has 2 rings (SSSR count). The first-order valence-corrected chi connectivity index (χ1v) is 5.52. The van der Waals surface area contributed by atoms with Crippen molar-refractivity contribution in [2.75, 3.05) is 13.1 Å². The van der Waals surface area contributed by atoms with E-state index in [0.29, 0.717) is 6.10 Å². The van der Waals surface area contributed by atoms with Gasteiger partial charge in [0.15, 0.2) is 0 Å². The van der Waals surface area contributed by atoms with Crippen LogP contribution in [-0.2, 0) is 11.3 Å². The van der Waals surface area contributed by atoms with Crippen molar-refractivity contribution in [1.82, 2.24) is 5.32 Å². The zero-order chi connectivity index (χ0) is 8.39. The van der Waals surface area contributed by atoms with E-state index in [2.05, 4.69) is 33.4 Å². The summed E-state index contributed by atoms with van der Waals surface area (Å²) in [5, 5.41) is 3.17. The van der Waals surface area contributed by atoms with E-state index >= 15 is 0 Å². The minimum Gasteiger partial charge on any atom is -0.370 e. The molecule has 12 heavy (non-hydrogen) atoms. The van der Waals surface area contributed by atoms with Crippen molar-refractivity contribution in [3.8, 4) is 0 Å². The zero-order valence-corrected chi connectivity index (χ0v) is 8.95. The largest absolute Gasteiger partial charge is 0.370 e. The Kier molecular flexibility index (Phi) is 2.80. The summed E-state index contributed by atoms with van der Waals surface area (Å²) in [5.41, 5.74) is 0. The Morgan fingerprint density at radius 3 is 2.92 bits per heavy atom. The van der Waals surface area contributed by atoms with Gasteiger partial charge in [0.25, 0.3) is 0 Å². The maximum Gasteiger partial charge on any atom is 0.0828 e. The van der Waals surface area contributed by atoms with Crippen LogP contribution < -0.4 is 5.32 Å². The highest BCUT2D eigenvalue weighted by molar-refractivity contribution is 9.11. The smallest absolute Gasteiger partial charge is 0.0828 e. The van der Waals surface area contributed by atoms with Gasteiger partial charge in [-0.3, -0.25) is 0 Å². The van der Waals surface area contributed by atoms with Crippen molar-refractivity contribution in [3.05, 3.63) is 20.8 Å². The second-order valence-corrected chi connectivity index (χ2v) is 5.34. The molecular weight excluding hydrogens is 238 g/mol. The minimum absolute atomic E-state index is 0.436. The van der Waals surface area contributed by atoms with Gasteiger partial charge in [0.1, 0.15) is 0 Å². The van der Waals surface area contributed by atoms with Crippen LogP contribution in [0, 0.1) is 0 Å². The van der Waals surface area contributed by atoms with Crippen molar-refractivity contribution in [3.63, 3.8) is 0 Å². The zero-order valence-electron chi connectivity index (χ0n) is 6.55. The molecule has 4 heteroatoms. The Labute approximate surface area is 84.1 Å². The predicted octanol–water partition coefficient (Wildman–Crippen LogP) is 2.00. The highest BCUT2D eigenvalue weighted by atomic mass is 79.9. The van der Waals surface area contributed by atoms with Crippen molar-refractivity contribution in [2.24, 2.45) is 0 Å². The van der Waals surface area contributed by atoms with Crippen molar-refractivity contribution < 1.29 is 4.74 Å². The standard InChI is InChI=1S/C8H10BrNOS/c9-8-2-1-7(12-8)5-11-6-3-10-4-6/h1-2,6,10H,3-5H2. The molecule has 1 fully saturated rings. The molecule has 1 aliphatic rings. The number of halogens is 1. The summed E-state index contributed by atoms with van der Waals surface area (Å²) in [7, 11) is 0. The summed E-state index contributed by atoms with van der Waals surface area (Å²) >= 11 is 5.16. The molecule has 1 aromatic rings. The predicted molar refractivity (Wildman–Crippen MR) is 53.5 cm³/mol. The number of rotatable bonds is 3. The fourth-order valence-electron chi connectivity index (χ4n) is 1.01. The second kappa shape index (κ2) is 3.87. The molecule has 0 saturated carbocycles. The molecule has 1 saturated heterocycles. The molecule has 0 amide bonds. The average Bonchev–Trinajstić information content (AvgIpc) is 2.32. The summed E-state index contributed by atoms with van der Waals surface area (Å²) in [5.74, 6) is 0. The molecule has 0 spiro atoms. The van der Waals surface area contributed by atoms with Crippen LogP contribution in [0.5, 0.6) is 0 Å². The van der Waals surface area contributed by atoms with Crippen LogP contribution in [0.2, 0.25) is 0 Å². The Bertz CT molecular complexity index is 259. The molecule has 1 N–H and O–H groups in total. The van der Waals surface area contributed by atoms with Gasteiger partial charge in [-0.05, 0) is 28.1 Å². The summed E-state index contributed by atoms with van der Waals surface area (Å²) in [6.07, 6.45) is 0.436. The fraction of sp³-hybridized carbons (Fsp3) is 0.500. The lowest BCUT2D eigenvalue weighted by Gasteiger charge is -2.26. The maximum absolute atomic E-state index is 5.60. The lowest BCUT2D eigenvalue weighted by atomic mass is 10.2. The van der Waals surface area contributed by atoms with Gasteiger partial charge >= 0.3 is 0 Å². The van der Waals surface area contributed by atoms with Gasteiger partial charge in [-0.25, -0.2) is 0 Å². The summed E-state index contributed by atoms with van der Waals surface area (Å²) < 4.78 is 6.78. The summed E-state index contributed by atoms with van der Waals surface area (Å²) in [6, 6.07) is 4.16. The number of hydrogen-bond donors (Lipinski definition) is 1. The van der Waals surface area contributed by atoms with Crippen molar-refractivity contribution in [1.29, 1.82) is 0 Å². The highest BCUT2D eigenvalue weighted by Crippen LogP contribution is 2.23. The van der Waals surface area contributed by atoms with Crippen LogP contribution in [0.4, 0.5) is 0 Å². The van der Waals surface area contributed by atoms with Crippen LogP contribution in [0.25, 0.3) is 0 Å². The fourth-order valence-corrected chi connectivity index (χ4v) is 2.41. The van der Waals surface area contributed by atoms with Gasteiger partial charge in [0, 0.05) is 18.0 Å². The molecule has 0 bridgehead atoms. The second-order valence-electron chi connectivity index (χ2n) is 2.80. The third-order valence-electron chi connectivity index (χ3n) is 1.83. The van der Waals surface area contributed by atoms with Crippen LogP contribution >= 0.6 is 27.3 Å². The van der Waals surface area contributed by atoms with Gasteiger partial charge in [-0.1, -0.05) is 0 Å². The van der Waals surface area contributed by atoms with Gasteiger partial charge < -0.3 is 10.1 Å². The Morgan fingerprint density at radius 2 is 2.42 bits per heavy atom. The molecule has 0 aliphatic carbocycles. The minimum atomic E-state index is 0.436. The number of ether oxygens (including phenoxy) is 1. The number of hydrogen-bond acceptors (Lipinski definition) is 3. The molecule has 1 aromatic heterocycles. The van der Waals surface area contributed by atoms with E-state index in [1.807, 2.05) is 0 Å². The third kappa shape index (κ3) is 2.07. The number of nitrogens with one attached hydrogen (secondary N) is 1. The Morgan fingerprint density at radius 1 is 1.58 bits per heavy atom. The van der Waals surface area contributed by atoms with Gasteiger partial charge in [0.05, 0.1) is 16.5 Å². The molecule has 0 atom stereocenters. The van der Waals surface area contributed by atoms with E-state index in [-0.39, 0.29) is 0 Å². The lowest BCUT2D eigenvalue weighted by molar-refractivity contribution is 0.00888. The van der Waals surface area contributed by atoms with Crippen LogP contribution in [0.3, 0.4) is 0 Å². The molecule has 2 heterocycles. The molecule has 0 radical (unpaired) electrons. The first-order valence-electron chi connectivity index (χ1n) is 3.91. The summed E-state index contributed by atoms with van der Waals surface area (Å²) in [4.78, 5) is 1.29. The van der Waals surface area contributed by atoms with E-state index in [1.165, 1.54) is 8.66 Å². The van der Waals surface area contributed by atoms with Gasteiger partial charge in [-0.15, -0.1) is 11.3 Å². The molecule has 0 unspecified atom stereocenters. The lowest BCUT2D eigenvalue weighted by Crippen LogP contribution is -2.48. The SMILES string of the molecule is Brc1ccc(COC2CNC2)s1. The van der Waals surface area contributed by atoms with Gasteiger partial charge in [-0.2, -0.15) is 0 Å². The van der Waals surface area contributed by atoms with E-state index < -0.39 is 0 Å². The van der Waals surface area contributed by atoms with Crippen LogP contribution in [0.15, 0.2) is 15.9 Å². The molecule has 2 nitrogen and oxygen atoms in total. The third-order valence-corrected chi connectivity index (χ3v) is 3.43. The summed E-state index contributed by atoms with van der Waals surface area (Å²) in [6.45, 7) is 2.77. The van der Waals surface area contributed by atoms with E-state index in [4.69, 9.17) is 4.74 Å².